The monoisotopic (exact) mass is 480 g/mol. The van der Waals surface area contributed by atoms with Gasteiger partial charge in [0, 0.05) is 23.6 Å². The lowest BCUT2D eigenvalue weighted by Crippen LogP contribution is -2.27. The highest BCUT2D eigenvalue weighted by atomic mass is 79.9. The minimum Gasteiger partial charge on any atom is -0.458 e. The molecule has 1 fully saturated rings. The Balaban J connectivity index is 1.86. The van der Waals surface area contributed by atoms with Gasteiger partial charge in [-0.2, -0.15) is 0 Å². The van der Waals surface area contributed by atoms with Crippen LogP contribution in [0.2, 0.25) is 0 Å². The van der Waals surface area contributed by atoms with E-state index >= 15 is 0 Å². The van der Waals surface area contributed by atoms with E-state index in [9.17, 15) is 9.18 Å². The number of rotatable bonds is 7. The Kier molecular flexibility index (Phi) is 7.10. The molecule has 1 aliphatic rings. The molecular weight excluding hydrogens is 455 g/mol. The van der Waals surface area contributed by atoms with Crippen molar-refractivity contribution in [2.75, 3.05) is 18.5 Å². The summed E-state index contributed by atoms with van der Waals surface area (Å²) in [7, 11) is 0. The van der Waals surface area contributed by atoms with Gasteiger partial charge in [-0.1, -0.05) is 12.1 Å². The molecule has 0 radical (unpaired) electrons. The molecule has 0 bridgehead atoms. The van der Waals surface area contributed by atoms with Gasteiger partial charge in [-0.05, 0) is 66.9 Å². The molecule has 1 aromatic carbocycles. The smallest absolute Gasteiger partial charge is 0.359 e. The second kappa shape index (κ2) is 9.41. The standard InChI is InChI=1S/C22H26BrFN2O4/c1-13(2)29-21(27)20-19(26-11-17-12-28-22(3,4)30-17)18(23)15(10-25-20)9-14-5-7-16(24)8-6-14/h5-8,10,13,17,26H,9,11-12H2,1-4H3/t17-/m1/s1. The highest BCUT2D eigenvalue weighted by molar-refractivity contribution is 9.10. The van der Waals surface area contributed by atoms with Crippen molar-refractivity contribution in [2.45, 2.75) is 52.1 Å². The second-order valence-corrected chi connectivity index (χ2v) is 8.70. The third kappa shape index (κ3) is 5.77. The predicted molar refractivity (Wildman–Crippen MR) is 115 cm³/mol. The van der Waals surface area contributed by atoms with Gasteiger partial charge in [-0.3, -0.25) is 0 Å². The van der Waals surface area contributed by atoms with Crippen LogP contribution in [0.5, 0.6) is 0 Å². The summed E-state index contributed by atoms with van der Waals surface area (Å²) in [6, 6.07) is 6.29. The lowest BCUT2D eigenvalue weighted by atomic mass is 10.1. The quantitative estimate of drug-likeness (QED) is 0.579. The van der Waals surface area contributed by atoms with Gasteiger partial charge in [0.2, 0.25) is 0 Å². The van der Waals surface area contributed by atoms with Gasteiger partial charge in [0.05, 0.1) is 18.4 Å². The minimum absolute atomic E-state index is 0.165. The number of benzene rings is 1. The first-order valence-corrected chi connectivity index (χ1v) is 10.6. The summed E-state index contributed by atoms with van der Waals surface area (Å²) in [5, 5.41) is 3.28. The average Bonchev–Trinajstić information content (AvgIpc) is 3.02. The molecule has 1 atom stereocenters. The van der Waals surface area contributed by atoms with Gasteiger partial charge in [0.25, 0.3) is 0 Å². The third-order valence-electron chi connectivity index (χ3n) is 4.51. The molecule has 2 heterocycles. The van der Waals surface area contributed by atoms with E-state index in [1.807, 2.05) is 13.8 Å². The molecular formula is C22H26BrFN2O4. The van der Waals surface area contributed by atoms with Crippen LogP contribution in [0.3, 0.4) is 0 Å². The fourth-order valence-electron chi connectivity index (χ4n) is 3.14. The Hall–Kier alpha value is -2.03. The van der Waals surface area contributed by atoms with Crippen LogP contribution in [0, 0.1) is 5.82 Å². The van der Waals surface area contributed by atoms with Gasteiger partial charge in [0.1, 0.15) is 11.9 Å². The predicted octanol–water partition coefficient (Wildman–Crippen LogP) is 4.70. The molecule has 0 amide bonds. The maximum absolute atomic E-state index is 13.2. The number of nitrogens with zero attached hydrogens (tertiary/aromatic N) is 1. The van der Waals surface area contributed by atoms with Gasteiger partial charge in [-0.15, -0.1) is 0 Å². The number of esters is 1. The Morgan fingerprint density at radius 1 is 1.37 bits per heavy atom. The van der Waals surface area contributed by atoms with Gasteiger partial charge in [-0.25, -0.2) is 14.2 Å². The van der Waals surface area contributed by atoms with E-state index in [1.165, 1.54) is 12.1 Å². The molecule has 1 aromatic heterocycles. The molecule has 162 valence electrons. The summed E-state index contributed by atoms with van der Waals surface area (Å²) < 4.78 is 30.7. The lowest BCUT2D eigenvalue weighted by molar-refractivity contribution is -0.136. The zero-order chi connectivity index (χ0) is 21.9. The van der Waals surface area contributed by atoms with Crippen LogP contribution < -0.4 is 5.32 Å². The van der Waals surface area contributed by atoms with E-state index in [1.54, 1.807) is 32.2 Å². The molecule has 6 nitrogen and oxygen atoms in total. The third-order valence-corrected chi connectivity index (χ3v) is 5.41. The maximum Gasteiger partial charge on any atom is 0.359 e. The Labute approximate surface area is 184 Å². The van der Waals surface area contributed by atoms with Crippen LogP contribution >= 0.6 is 15.9 Å². The van der Waals surface area contributed by atoms with Crippen molar-refractivity contribution in [3.05, 3.63) is 57.6 Å². The molecule has 0 spiro atoms. The summed E-state index contributed by atoms with van der Waals surface area (Å²) in [5.74, 6) is -1.43. The summed E-state index contributed by atoms with van der Waals surface area (Å²) in [4.78, 5) is 17.0. The number of hydrogen-bond donors (Lipinski definition) is 1. The van der Waals surface area contributed by atoms with Crippen LogP contribution in [0.1, 0.15) is 49.3 Å². The van der Waals surface area contributed by atoms with E-state index in [-0.39, 0.29) is 23.7 Å². The highest BCUT2D eigenvalue weighted by Crippen LogP contribution is 2.32. The molecule has 8 heteroatoms. The van der Waals surface area contributed by atoms with Crippen molar-refractivity contribution in [2.24, 2.45) is 0 Å². The van der Waals surface area contributed by atoms with E-state index in [4.69, 9.17) is 14.2 Å². The number of pyridine rings is 1. The second-order valence-electron chi connectivity index (χ2n) is 7.91. The van der Waals surface area contributed by atoms with Crippen LogP contribution in [0.4, 0.5) is 10.1 Å². The first kappa shape index (κ1) is 22.7. The summed E-state index contributed by atoms with van der Waals surface area (Å²) in [6.45, 7) is 8.18. The first-order chi connectivity index (χ1) is 14.1. The Morgan fingerprint density at radius 2 is 2.07 bits per heavy atom. The summed E-state index contributed by atoms with van der Waals surface area (Å²) >= 11 is 3.61. The van der Waals surface area contributed by atoms with Crippen molar-refractivity contribution < 1.29 is 23.4 Å². The normalized spacial score (nSPS) is 17.9. The number of hydrogen-bond acceptors (Lipinski definition) is 6. The zero-order valence-corrected chi connectivity index (χ0v) is 19.1. The first-order valence-electron chi connectivity index (χ1n) is 9.83. The van der Waals surface area contributed by atoms with E-state index in [0.717, 1.165) is 11.1 Å². The summed E-state index contributed by atoms with van der Waals surface area (Å²) in [5.41, 5.74) is 2.51. The molecule has 0 aliphatic carbocycles. The molecule has 0 unspecified atom stereocenters. The molecule has 1 N–H and O–H groups in total. The fraction of sp³-hybridized carbons (Fsp3) is 0.455. The van der Waals surface area contributed by atoms with E-state index < -0.39 is 11.8 Å². The maximum atomic E-state index is 13.2. The number of aromatic nitrogens is 1. The van der Waals surface area contributed by atoms with Crippen LogP contribution in [0.25, 0.3) is 0 Å². The molecule has 0 saturated carbocycles. The molecule has 1 saturated heterocycles. The Morgan fingerprint density at radius 3 is 2.67 bits per heavy atom. The van der Waals surface area contributed by atoms with Crippen molar-refractivity contribution in [3.63, 3.8) is 0 Å². The highest BCUT2D eigenvalue weighted by Gasteiger charge is 2.33. The van der Waals surface area contributed by atoms with Crippen LogP contribution in [-0.4, -0.2) is 42.1 Å². The van der Waals surface area contributed by atoms with Gasteiger partial charge in [0.15, 0.2) is 11.5 Å². The van der Waals surface area contributed by atoms with Gasteiger partial charge < -0.3 is 19.5 Å². The number of anilines is 1. The minimum atomic E-state index is -0.633. The largest absolute Gasteiger partial charge is 0.458 e. The van der Waals surface area contributed by atoms with E-state index in [0.29, 0.717) is 29.7 Å². The number of carbonyl (C=O) groups excluding carboxylic acids is 1. The fourth-order valence-corrected chi connectivity index (χ4v) is 3.71. The van der Waals surface area contributed by atoms with Crippen molar-refractivity contribution >= 4 is 27.6 Å². The van der Waals surface area contributed by atoms with Crippen molar-refractivity contribution in [1.82, 2.24) is 4.98 Å². The lowest BCUT2D eigenvalue weighted by Gasteiger charge is -2.20. The van der Waals surface area contributed by atoms with Gasteiger partial charge >= 0.3 is 5.97 Å². The van der Waals surface area contributed by atoms with Crippen molar-refractivity contribution in [1.29, 1.82) is 0 Å². The van der Waals surface area contributed by atoms with E-state index in [2.05, 4.69) is 26.2 Å². The zero-order valence-electron chi connectivity index (χ0n) is 17.5. The van der Waals surface area contributed by atoms with Crippen molar-refractivity contribution in [3.8, 4) is 0 Å². The number of halogens is 2. The molecule has 2 aromatic rings. The van der Waals surface area contributed by atoms with Crippen LogP contribution in [0.15, 0.2) is 34.9 Å². The topological polar surface area (TPSA) is 69.7 Å². The van der Waals surface area contributed by atoms with Crippen LogP contribution in [-0.2, 0) is 20.6 Å². The number of nitrogens with one attached hydrogen (secondary N) is 1. The number of carbonyl (C=O) groups is 1. The Bertz CT molecular complexity index is 903. The average molecular weight is 481 g/mol. The molecule has 1 aliphatic heterocycles. The SMILES string of the molecule is CC(C)OC(=O)c1ncc(Cc2ccc(F)cc2)c(Br)c1NC[C@@H]1COC(C)(C)O1. The molecule has 30 heavy (non-hydrogen) atoms. The summed E-state index contributed by atoms with van der Waals surface area (Å²) in [6.07, 6.45) is 1.73. The molecule has 3 rings (SSSR count). The number of ether oxygens (including phenoxy) is 3.